The van der Waals surface area contributed by atoms with E-state index in [0.717, 1.165) is 0 Å². The fraction of sp³-hybridized carbons (Fsp3) is 0.833. The molecule has 0 radical (unpaired) electrons. The zero-order chi connectivity index (χ0) is 15.3. The third-order valence-corrected chi connectivity index (χ3v) is 3.18. The van der Waals surface area contributed by atoms with E-state index >= 15 is 0 Å². The summed E-state index contributed by atoms with van der Waals surface area (Å²) in [5, 5.41) is 13.2. The second-order valence-corrected chi connectivity index (χ2v) is 5.04. The van der Waals surface area contributed by atoms with E-state index in [9.17, 15) is 14.7 Å². The van der Waals surface area contributed by atoms with E-state index in [-0.39, 0.29) is 25.5 Å². The summed E-state index contributed by atoms with van der Waals surface area (Å²) < 4.78 is 4.91. The second-order valence-electron chi connectivity index (χ2n) is 5.04. The van der Waals surface area contributed by atoms with Gasteiger partial charge in [-0.05, 0) is 18.4 Å². The number of amides is 1. The van der Waals surface area contributed by atoms with Gasteiger partial charge in [0, 0.05) is 17.9 Å². The predicted octanol–water partition coefficient (Wildman–Crippen LogP) is 0.846. The number of ether oxygens (including phenoxy) is 1. The van der Waals surface area contributed by atoms with Gasteiger partial charge in [-0.3, -0.25) is 4.79 Å². The van der Waals surface area contributed by atoms with Gasteiger partial charge in [0.25, 0.3) is 0 Å². The first-order chi connectivity index (χ1) is 9.42. The fourth-order valence-corrected chi connectivity index (χ4v) is 2.21. The largest absolute Gasteiger partial charge is 0.464 e. The first kappa shape index (κ1) is 16.3. The number of carbonyl (C=O) groups is 2. The number of β-amino-alcohol motifs (C(OH)–C–C–N with tert-alkyl or cyclic N) is 1. The quantitative estimate of drug-likeness (QED) is 0.348. The number of hydrogen-bond donors (Lipinski definition) is 1. The Morgan fingerprint density at radius 3 is 2.70 bits per heavy atom. The number of rotatable bonds is 5. The lowest BCUT2D eigenvalue weighted by molar-refractivity contribution is -0.153. The fourth-order valence-electron chi connectivity index (χ4n) is 2.21. The van der Waals surface area contributed by atoms with Gasteiger partial charge in [-0.2, -0.15) is 0 Å². The molecule has 112 valence electrons. The van der Waals surface area contributed by atoms with Crippen LogP contribution in [0.15, 0.2) is 5.11 Å². The molecule has 1 rings (SSSR count). The van der Waals surface area contributed by atoms with Crippen LogP contribution in [0.3, 0.4) is 0 Å². The van der Waals surface area contributed by atoms with Crippen LogP contribution >= 0.6 is 0 Å². The van der Waals surface area contributed by atoms with Crippen molar-refractivity contribution in [3.8, 4) is 0 Å². The molecule has 0 aromatic rings. The van der Waals surface area contributed by atoms with E-state index in [4.69, 9.17) is 10.3 Å². The standard InChI is InChI=1S/C12H20N4O4/c1-4-20-12(19)9-5-8(17)6-16(9)11(18)10(7(2)3)14-15-13/h7-10,17H,4-6H2,1-3H3/t8-,9+,10+/m1/s1. The van der Waals surface area contributed by atoms with Crippen LogP contribution in [-0.2, 0) is 14.3 Å². The van der Waals surface area contributed by atoms with E-state index in [1.807, 2.05) is 0 Å². The lowest BCUT2D eigenvalue weighted by Gasteiger charge is -2.27. The molecule has 1 heterocycles. The number of esters is 1. The summed E-state index contributed by atoms with van der Waals surface area (Å²) in [6, 6.07) is -1.70. The average molecular weight is 284 g/mol. The van der Waals surface area contributed by atoms with Crippen LogP contribution in [0.4, 0.5) is 0 Å². The molecule has 1 aliphatic heterocycles. The molecule has 0 unspecified atom stereocenters. The van der Waals surface area contributed by atoms with Crippen LogP contribution in [0.5, 0.6) is 0 Å². The van der Waals surface area contributed by atoms with Gasteiger partial charge in [0.05, 0.1) is 12.7 Å². The Labute approximate surface area is 117 Å². The maximum absolute atomic E-state index is 12.4. The molecule has 0 aliphatic carbocycles. The van der Waals surface area contributed by atoms with Crippen LogP contribution < -0.4 is 0 Å². The Hall–Kier alpha value is -1.79. The number of aliphatic hydroxyl groups is 1. The topological polar surface area (TPSA) is 116 Å². The molecule has 1 aliphatic rings. The minimum absolute atomic E-state index is 0.0481. The minimum atomic E-state index is -0.887. The van der Waals surface area contributed by atoms with Crippen LogP contribution in [0.2, 0.25) is 0 Å². The van der Waals surface area contributed by atoms with E-state index in [1.54, 1.807) is 20.8 Å². The summed E-state index contributed by atoms with van der Waals surface area (Å²) in [5.41, 5.74) is 8.54. The highest BCUT2D eigenvalue weighted by Gasteiger charge is 2.42. The molecule has 20 heavy (non-hydrogen) atoms. The molecule has 3 atom stereocenters. The molecule has 0 aromatic carbocycles. The van der Waals surface area contributed by atoms with Crippen LogP contribution in [0.25, 0.3) is 10.4 Å². The second kappa shape index (κ2) is 7.12. The zero-order valence-corrected chi connectivity index (χ0v) is 11.9. The third kappa shape index (κ3) is 3.61. The number of azide groups is 1. The van der Waals surface area contributed by atoms with Crippen molar-refractivity contribution in [2.45, 2.75) is 45.4 Å². The SMILES string of the molecule is CCOC(=O)[C@@H]1C[C@@H](O)CN1C(=O)[C@@H](N=[N+]=[N-])C(C)C. The molecule has 0 bridgehead atoms. The van der Waals surface area contributed by atoms with Gasteiger partial charge < -0.3 is 14.7 Å². The maximum atomic E-state index is 12.4. The lowest BCUT2D eigenvalue weighted by Crippen LogP contribution is -2.47. The Balaban J connectivity index is 2.93. The van der Waals surface area contributed by atoms with Gasteiger partial charge in [0.1, 0.15) is 12.1 Å². The summed E-state index contributed by atoms with van der Waals surface area (Å²) in [5.74, 6) is -1.19. The van der Waals surface area contributed by atoms with Crippen molar-refractivity contribution in [2.24, 2.45) is 11.0 Å². The summed E-state index contributed by atoms with van der Waals surface area (Å²) in [6.07, 6.45) is -0.627. The van der Waals surface area contributed by atoms with Gasteiger partial charge in [0.15, 0.2) is 0 Å². The molecular formula is C12H20N4O4. The van der Waals surface area contributed by atoms with E-state index < -0.39 is 30.1 Å². The zero-order valence-electron chi connectivity index (χ0n) is 11.9. The molecule has 8 heteroatoms. The number of carbonyl (C=O) groups excluding carboxylic acids is 2. The third-order valence-electron chi connectivity index (χ3n) is 3.18. The molecule has 0 aromatic heterocycles. The molecular weight excluding hydrogens is 264 g/mol. The Kier molecular flexibility index (Phi) is 5.79. The average Bonchev–Trinajstić information content (AvgIpc) is 2.77. The normalized spacial score (nSPS) is 23.4. The first-order valence-electron chi connectivity index (χ1n) is 6.61. The maximum Gasteiger partial charge on any atom is 0.328 e. The smallest absolute Gasteiger partial charge is 0.328 e. The van der Waals surface area contributed by atoms with Crippen LogP contribution in [0, 0.1) is 5.92 Å². The van der Waals surface area contributed by atoms with Crippen molar-refractivity contribution in [1.29, 1.82) is 0 Å². The van der Waals surface area contributed by atoms with Crippen LogP contribution in [0.1, 0.15) is 27.2 Å². The number of likely N-dealkylation sites (tertiary alicyclic amines) is 1. The van der Waals surface area contributed by atoms with Crippen LogP contribution in [-0.4, -0.2) is 53.2 Å². The summed E-state index contributed by atoms with van der Waals surface area (Å²) in [7, 11) is 0. The highest BCUT2D eigenvalue weighted by molar-refractivity contribution is 5.88. The predicted molar refractivity (Wildman–Crippen MR) is 70.5 cm³/mol. The summed E-state index contributed by atoms with van der Waals surface area (Å²) in [6.45, 7) is 5.43. The molecule has 8 nitrogen and oxygen atoms in total. The molecule has 0 saturated carbocycles. The first-order valence-corrected chi connectivity index (χ1v) is 6.61. The van der Waals surface area contributed by atoms with Crippen molar-refractivity contribution in [3.63, 3.8) is 0 Å². The van der Waals surface area contributed by atoms with Gasteiger partial charge >= 0.3 is 5.97 Å². The highest BCUT2D eigenvalue weighted by atomic mass is 16.5. The van der Waals surface area contributed by atoms with Crippen molar-refractivity contribution in [1.82, 2.24) is 4.90 Å². The van der Waals surface area contributed by atoms with Gasteiger partial charge in [-0.15, -0.1) is 0 Å². The summed E-state index contributed by atoms with van der Waals surface area (Å²) >= 11 is 0. The van der Waals surface area contributed by atoms with Crippen molar-refractivity contribution in [3.05, 3.63) is 10.4 Å². The molecule has 1 amide bonds. The van der Waals surface area contributed by atoms with Crippen molar-refractivity contribution in [2.75, 3.05) is 13.2 Å². The highest BCUT2D eigenvalue weighted by Crippen LogP contribution is 2.23. The number of nitrogens with zero attached hydrogens (tertiary/aromatic N) is 4. The molecule has 1 N–H and O–H groups in total. The van der Waals surface area contributed by atoms with Crippen molar-refractivity contribution < 1.29 is 19.4 Å². The van der Waals surface area contributed by atoms with E-state index in [0.29, 0.717) is 0 Å². The van der Waals surface area contributed by atoms with Gasteiger partial charge in [-0.1, -0.05) is 19.0 Å². The molecule has 1 fully saturated rings. The lowest BCUT2D eigenvalue weighted by atomic mass is 10.0. The van der Waals surface area contributed by atoms with Gasteiger partial charge in [-0.25, -0.2) is 4.79 Å². The summed E-state index contributed by atoms with van der Waals surface area (Å²) in [4.78, 5) is 28.1. The Morgan fingerprint density at radius 2 is 2.20 bits per heavy atom. The van der Waals surface area contributed by atoms with E-state index in [2.05, 4.69) is 10.0 Å². The minimum Gasteiger partial charge on any atom is -0.464 e. The Morgan fingerprint density at radius 1 is 1.55 bits per heavy atom. The Bertz CT molecular complexity index is 420. The molecule has 0 spiro atoms. The van der Waals surface area contributed by atoms with E-state index in [1.165, 1.54) is 4.90 Å². The molecule has 1 saturated heterocycles. The monoisotopic (exact) mass is 284 g/mol. The van der Waals surface area contributed by atoms with Gasteiger partial charge in [0.2, 0.25) is 5.91 Å². The number of hydrogen-bond acceptors (Lipinski definition) is 5. The number of aliphatic hydroxyl groups excluding tert-OH is 1. The van der Waals surface area contributed by atoms with Crippen molar-refractivity contribution >= 4 is 11.9 Å².